The molecule has 3 heterocycles. The zero-order valence-corrected chi connectivity index (χ0v) is 21.3. The molecule has 35 heavy (non-hydrogen) atoms. The molecular weight excluding hydrogens is 456 g/mol. The van der Waals surface area contributed by atoms with Crippen molar-refractivity contribution in [2.24, 2.45) is 4.99 Å². The number of aryl methyl sites for hydroxylation is 3. The summed E-state index contributed by atoms with van der Waals surface area (Å²) < 4.78 is 0. The van der Waals surface area contributed by atoms with E-state index < -0.39 is 6.04 Å². The Bertz CT molecular complexity index is 1290. The SMILES string of the molecule is CC(=N)N1C(=N)[C@H](CNC(=O)CCc2cccnc2)N=C(c2ccc(C)cc2)c2c1sc(C)c2C. The number of rotatable bonds is 6. The lowest BCUT2D eigenvalue weighted by Gasteiger charge is -2.25. The number of anilines is 1. The van der Waals surface area contributed by atoms with E-state index in [4.69, 9.17) is 15.8 Å². The fraction of sp³-hybridized carbons (Fsp3) is 0.296. The number of amides is 1. The van der Waals surface area contributed by atoms with Crippen LogP contribution in [0.3, 0.4) is 0 Å². The van der Waals surface area contributed by atoms with Crippen molar-refractivity contribution >= 4 is 39.6 Å². The number of hydrogen-bond acceptors (Lipinski definition) is 6. The summed E-state index contributed by atoms with van der Waals surface area (Å²) in [4.78, 5) is 24.5. The quantitative estimate of drug-likeness (QED) is 0.344. The van der Waals surface area contributed by atoms with Crippen LogP contribution in [0.2, 0.25) is 0 Å². The lowest BCUT2D eigenvalue weighted by Crippen LogP contribution is -2.45. The highest BCUT2D eigenvalue weighted by atomic mass is 32.1. The van der Waals surface area contributed by atoms with Gasteiger partial charge in [0.25, 0.3) is 0 Å². The first-order valence-electron chi connectivity index (χ1n) is 11.6. The van der Waals surface area contributed by atoms with Crippen molar-refractivity contribution in [3.63, 3.8) is 0 Å². The van der Waals surface area contributed by atoms with Gasteiger partial charge in [0.05, 0.1) is 5.71 Å². The van der Waals surface area contributed by atoms with Gasteiger partial charge in [0.1, 0.15) is 22.7 Å². The van der Waals surface area contributed by atoms with Crippen LogP contribution in [0.4, 0.5) is 5.00 Å². The van der Waals surface area contributed by atoms with Gasteiger partial charge in [-0.3, -0.25) is 30.5 Å². The van der Waals surface area contributed by atoms with Gasteiger partial charge in [-0.15, -0.1) is 11.3 Å². The summed E-state index contributed by atoms with van der Waals surface area (Å²) in [6.45, 7) is 8.04. The lowest BCUT2D eigenvalue weighted by molar-refractivity contribution is -0.121. The molecule has 0 spiro atoms. The van der Waals surface area contributed by atoms with Crippen molar-refractivity contribution in [1.29, 1.82) is 10.8 Å². The summed E-state index contributed by atoms with van der Waals surface area (Å²) in [5.41, 5.74) is 5.98. The molecule has 0 aliphatic carbocycles. The molecular formula is C27H30N6OS. The van der Waals surface area contributed by atoms with Gasteiger partial charge in [0, 0.05) is 41.4 Å². The van der Waals surface area contributed by atoms with Gasteiger partial charge in [-0.2, -0.15) is 0 Å². The third-order valence-corrected chi connectivity index (χ3v) is 7.36. The van der Waals surface area contributed by atoms with E-state index in [-0.39, 0.29) is 24.1 Å². The summed E-state index contributed by atoms with van der Waals surface area (Å²) in [6, 6.07) is 11.4. The van der Waals surface area contributed by atoms with Crippen LogP contribution < -0.4 is 10.2 Å². The Balaban J connectivity index is 1.66. The predicted molar refractivity (Wildman–Crippen MR) is 144 cm³/mol. The van der Waals surface area contributed by atoms with Gasteiger partial charge in [0.2, 0.25) is 5.91 Å². The van der Waals surface area contributed by atoms with Crippen LogP contribution in [0.5, 0.6) is 0 Å². The van der Waals surface area contributed by atoms with Crippen molar-refractivity contribution in [1.82, 2.24) is 10.3 Å². The normalized spacial score (nSPS) is 15.3. The minimum Gasteiger partial charge on any atom is -0.353 e. The first-order valence-corrected chi connectivity index (χ1v) is 12.4. The maximum absolute atomic E-state index is 12.6. The van der Waals surface area contributed by atoms with E-state index in [2.05, 4.69) is 36.3 Å². The van der Waals surface area contributed by atoms with Crippen molar-refractivity contribution in [3.8, 4) is 0 Å². The number of thiophene rings is 1. The number of hydrogen-bond donors (Lipinski definition) is 3. The van der Waals surface area contributed by atoms with Gasteiger partial charge in [-0.1, -0.05) is 35.9 Å². The Morgan fingerprint density at radius 2 is 1.91 bits per heavy atom. The average molecular weight is 487 g/mol. The summed E-state index contributed by atoms with van der Waals surface area (Å²) in [6.07, 6.45) is 4.41. The van der Waals surface area contributed by atoms with Crippen LogP contribution in [-0.2, 0) is 11.2 Å². The predicted octanol–water partition coefficient (Wildman–Crippen LogP) is 4.82. The van der Waals surface area contributed by atoms with E-state index in [1.165, 1.54) is 0 Å². The number of nitrogens with zero attached hydrogens (tertiary/aromatic N) is 3. The topological polar surface area (TPSA) is 105 Å². The zero-order valence-electron chi connectivity index (χ0n) is 20.5. The van der Waals surface area contributed by atoms with E-state index in [0.29, 0.717) is 12.8 Å². The van der Waals surface area contributed by atoms with E-state index in [1.807, 2.05) is 31.2 Å². The number of pyridine rings is 1. The average Bonchev–Trinajstić information content (AvgIpc) is 3.05. The number of carbonyl (C=O) groups is 1. The molecule has 180 valence electrons. The number of fused-ring (bicyclic) bond motifs is 1. The van der Waals surface area contributed by atoms with Gasteiger partial charge < -0.3 is 5.32 Å². The molecule has 1 atom stereocenters. The maximum Gasteiger partial charge on any atom is 0.220 e. The number of benzene rings is 1. The minimum atomic E-state index is -0.617. The third kappa shape index (κ3) is 5.22. The van der Waals surface area contributed by atoms with Crippen molar-refractivity contribution in [3.05, 3.63) is 81.5 Å². The monoisotopic (exact) mass is 486 g/mol. The highest BCUT2D eigenvalue weighted by Gasteiger charge is 2.33. The van der Waals surface area contributed by atoms with Gasteiger partial charge in [-0.25, -0.2) is 0 Å². The molecule has 0 saturated heterocycles. The van der Waals surface area contributed by atoms with E-state index in [1.54, 1.807) is 35.6 Å². The highest BCUT2D eigenvalue weighted by Crippen LogP contribution is 2.39. The standard InChI is InChI=1S/C27H30N6OS/c1-16-7-10-21(11-8-16)25-24-17(2)18(3)35-27(24)33(19(4)28)26(29)22(32-25)15-31-23(34)12-9-20-6-5-13-30-14-20/h5-8,10-11,13-14,22,28-29H,9,12,15H2,1-4H3,(H,31,34)/t22-/m0/s1. The van der Waals surface area contributed by atoms with Crippen LogP contribution in [0.1, 0.15) is 46.0 Å². The van der Waals surface area contributed by atoms with E-state index in [0.717, 1.165) is 43.4 Å². The second-order valence-electron chi connectivity index (χ2n) is 8.79. The summed E-state index contributed by atoms with van der Waals surface area (Å²) >= 11 is 1.57. The molecule has 0 saturated carbocycles. The molecule has 0 fully saturated rings. The molecule has 1 aliphatic heterocycles. The summed E-state index contributed by atoms with van der Waals surface area (Å²) in [5, 5.41) is 21.2. The summed E-state index contributed by atoms with van der Waals surface area (Å²) in [7, 11) is 0. The third-order valence-electron chi connectivity index (χ3n) is 6.16. The molecule has 8 heteroatoms. The molecule has 7 nitrogen and oxygen atoms in total. The fourth-order valence-corrected chi connectivity index (χ4v) is 5.32. The molecule has 1 amide bonds. The Morgan fingerprint density at radius 3 is 2.57 bits per heavy atom. The molecule has 1 aromatic carbocycles. The highest BCUT2D eigenvalue weighted by molar-refractivity contribution is 7.17. The van der Waals surface area contributed by atoms with Crippen molar-refractivity contribution in [2.75, 3.05) is 11.4 Å². The number of aromatic nitrogens is 1. The minimum absolute atomic E-state index is 0.0992. The van der Waals surface area contributed by atoms with Gasteiger partial charge in [0.15, 0.2) is 0 Å². The van der Waals surface area contributed by atoms with Crippen molar-refractivity contribution in [2.45, 2.75) is 46.6 Å². The van der Waals surface area contributed by atoms with Gasteiger partial charge in [-0.05, 0) is 51.3 Å². The second kappa shape index (κ2) is 10.3. The molecule has 4 rings (SSSR count). The van der Waals surface area contributed by atoms with Crippen LogP contribution >= 0.6 is 11.3 Å². The fourth-order valence-electron chi connectivity index (χ4n) is 4.09. The summed E-state index contributed by atoms with van der Waals surface area (Å²) in [5.74, 6) is 0.346. The maximum atomic E-state index is 12.6. The molecule has 1 aliphatic rings. The van der Waals surface area contributed by atoms with Crippen LogP contribution in [0.15, 0.2) is 53.8 Å². The van der Waals surface area contributed by atoms with E-state index >= 15 is 0 Å². The molecule has 2 aromatic heterocycles. The van der Waals surface area contributed by atoms with Crippen LogP contribution in [-0.4, -0.2) is 40.9 Å². The number of carbonyl (C=O) groups excluding carboxylic acids is 1. The molecule has 0 radical (unpaired) electrons. The van der Waals surface area contributed by atoms with E-state index in [9.17, 15) is 4.79 Å². The molecule has 3 aromatic rings. The molecule has 0 unspecified atom stereocenters. The number of aliphatic imine (C=N–C) groups is 1. The van der Waals surface area contributed by atoms with Gasteiger partial charge >= 0.3 is 0 Å². The number of nitrogens with one attached hydrogen (secondary N) is 3. The largest absolute Gasteiger partial charge is 0.353 e. The lowest BCUT2D eigenvalue weighted by atomic mass is 9.99. The number of amidine groups is 2. The van der Waals surface area contributed by atoms with Crippen LogP contribution in [0.25, 0.3) is 0 Å². The Hall–Kier alpha value is -3.65. The zero-order chi connectivity index (χ0) is 25.1. The Morgan fingerprint density at radius 1 is 1.17 bits per heavy atom. The smallest absolute Gasteiger partial charge is 0.220 e. The molecule has 0 bridgehead atoms. The Kier molecular flexibility index (Phi) is 7.21. The molecule has 3 N–H and O–H groups in total. The van der Waals surface area contributed by atoms with Crippen molar-refractivity contribution < 1.29 is 4.79 Å². The second-order valence-corrected chi connectivity index (χ2v) is 10.00. The van der Waals surface area contributed by atoms with Crippen LogP contribution in [0, 0.1) is 31.6 Å². The first kappa shape index (κ1) is 24.5. The first-order chi connectivity index (χ1) is 16.8. The Labute approximate surface area is 210 Å².